The Bertz CT molecular complexity index is 776. The van der Waals surface area contributed by atoms with E-state index in [1.807, 2.05) is 41.7 Å². The molecule has 2 aromatic carbocycles. The van der Waals surface area contributed by atoms with Gasteiger partial charge < -0.3 is 5.32 Å². The third-order valence-corrected chi connectivity index (χ3v) is 6.82. The van der Waals surface area contributed by atoms with Crippen LogP contribution < -0.4 is 5.32 Å². The minimum atomic E-state index is -0.458. The maximum atomic E-state index is 12.3. The van der Waals surface area contributed by atoms with Gasteiger partial charge in [0, 0.05) is 17.3 Å². The van der Waals surface area contributed by atoms with Gasteiger partial charge >= 0.3 is 0 Å². The number of hydrogen-bond acceptors (Lipinski definition) is 5. The first kappa shape index (κ1) is 17.8. The number of thioether (sulfide) groups is 2. The van der Waals surface area contributed by atoms with Gasteiger partial charge in [0.25, 0.3) is 5.69 Å². The highest BCUT2D eigenvalue weighted by molar-refractivity contribution is 8.16. The van der Waals surface area contributed by atoms with Crippen LogP contribution in [0.1, 0.15) is 22.1 Å². The summed E-state index contributed by atoms with van der Waals surface area (Å²) in [5, 5.41) is 13.9. The van der Waals surface area contributed by atoms with Gasteiger partial charge in [0.1, 0.15) is 0 Å². The molecule has 0 aromatic heterocycles. The van der Waals surface area contributed by atoms with E-state index in [-0.39, 0.29) is 18.0 Å². The van der Waals surface area contributed by atoms with Crippen LogP contribution in [0.3, 0.4) is 0 Å². The number of amides is 1. The molecule has 0 radical (unpaired) electrons. The van der Waals surface area contributed by atoms with Crippen molar-refractivity contribution in [2.45, 2.75) is 17.4 Å². The molecule has 1 amide bonds. The normalized spacial score (nSPS) is 14.9. The summed E-state index contributed by atoms with van der Waals surface area (Å²) in [4.78, 5) is 22.9. The van der Waals surface area contributed by atoms with E-state index >= 15 is 0 Å². The molecular weight excluding hydrogens is 356 g/mol. The average molecular weight is 374 g/mol. The fourth-order valence-electron chi connectivity index (χ4n) is 2.66. The topological polar surface area (TPSA) is 72.2 Å². The summed E-state index contributed by atoms with van der Waals surface area (Å²) < 4.78 is 0.404. The van der Waals surface area contributed by atoms with Gasteiger partial charge in [0.15, 0.2) is 0 Å². The number of nitro benzene ring substituents is 1. The predicted molar refractivity (Wildman–Crippen MR) is 104 cm³/mol. The van der Waals surface area contributed by atoms with Gasteiger partial charge in [-0.1, -0.05) is 30.3 Å². The third kappa shape index (κ3) is 4.76. The number of benzene rings is 2. The van der Waals surface area contributed by atoms with Gasteiger partial charge in [-0.3, -0.25) is 14.9 Å². The van der Waals surface area contributed by atoms with Crippen molar-refractivity contribution in [1.82, 2.24) is 0 Å². The monoisotopic (exact) mass is 374 g/mol. The smallest absolute Gasteiger partial charge is 0.273 e. The van der Waals surface area contributed by atoms with Crippen molar-refractivity contribution in [3.63, 3.8) is 0 Å². The molecule has 5 nitrogen and oxygen atoms in total. The lowest BCUT2D eigenvalue weighted by molar-refractivity contribution is -0.385. The number of hydrogen-bond donors (Lipinski definition) is 1. The molecule has 0 bridgehead atoms. The van der Waals surface area contributed by atoms with E-state index in [0.29, 0.717) is 10.1 Å². The Hall–Kier alpha value is -1.99. The fraction of sp³-hybridized carbons (Fsp3) is 0.278. The van der Waals surface area contributed by atoms with Gasteiger partial charge in [-0.15, -0.1) is 23.5 Å². The average Bonchev–Trinajstić information content (AvgIpc) is 2.63. The van der Waals surface area contributed by atoms with Crippen molar-refractivity contribution in [2.75, 3.05) is 16.8 Å². The summed E-state index contributed by atoms with van der Waals surface area (Å²) >= 11 is 3.85. The maximum absolute atomic E-state index is 12.3. The summed E-state index contributed by atoms with van der Waals surface area (Å²) in [6.07, 6.45) is 1.21. The Morgan fingerprint density at radius 1 is 1.16 bits per heavy atom. The molecule has 0 spiro atoms. The largest absolute Gasteiger partial charge is 0.326 e. The molecule has 0 aliphatic carbocycles. The van der Waals surface area contributed by atoms with Crippen molar-refractivity contribution in [1.29, 1.82) is 0 Å². The van der Waals surface area contributed by atoms with Crippen LogP contribution in [0.2, 0.25) is 0 Å². The summed E-state index contributed by atoms with van der Waals surface area (Å²) in [5.74, 6) is 2.06. The first-order chi connectivity index (χ1) is 12.1. The maximum Gasteiger partial charge on any atom is 0.273 e. The second-order valence-corrected chi connectivity index (χ2v) is 8.39. The number of nitro groups is 1. The van der Waals surface area contributed by atoms with Crippen LogP contribution in [0.25, 0.3) is 0 Å². The van der Waals surface area contributed by atoms with Gasteiger partial charge in [-0.05, 0) is 35.6 Å². The quantitative estimate of drug-likeness (QED) is 0.609. The molecule has 3 rings (SSSR count). The zero-order valence-electron chi connectivity index (χ0n) is 13.5. The zero-order valence-corrected chi connectivity index (χ0v) is 15.1. The van der Waals surface area contributed by atoms with Gasteiger partial charge in [0.05, 0.1) is 15.9 Å². The van der Waals surface area contributed by atoms with Crippen LogP contribution in [0.5, 0.6) is 0 Å². The van der Waals surface area contributed by atoms with Crippen LogP contribution in [0.4, 0.5) is 11.4 Å². The molecular formula is C18H18N2O3S2. The number of para-hydroxylation sites is 1. The first-order valence-corrected chi connectivity index (χ1v) is 10.1. The fourth-order valence-corrected chi connectivity index (χ4v) is 5.53. The van der Waals surface area contributed by atoms with E-state index in [0.717, 1.165) is 17.2 Å². The van der Waals surface area contributed by atoms with Crippen molar-refractivity contribution in [3.05, 3.63) is 69.8 Å². The van der Waals surface area contributed by atoms with Crippen LogP contribution in [-0.4, -0.2) is 22.3 Å². The van der Waals surface area contributed by atoms with Crippen LogP contribution >= 0.6 is 23.5 Å². The molecule has 25 heavy (non-hydrogen) atoms. The van der Waals surface area contributed by atoms with Crippen LogP contribution in [-0.2, 0) is 11.2 Å². The van der Waals surface area contributed by atoms with Crippen molar-refractivity contribution in [3.8, 4) is 0 Å². The van der Waals surface area contributed by atoms with E-state index in [2.05, 4.69) is 11.4 Å². The van der Waals surface area contributed by atoms with Crippen molar-refractivity contribution in [2.24, 2.45) is 0 Å². The standard InChI is InChI=1S/C18H18N2O3S2/c21-17(12-13-5-1-2-8-16(13)20(22)23)19-15-7-3-6-14(11-15)18-24-9-4-10-25-18/h1-3,5-8,11,18H,4,9-10,12H2,(H,19,21). The molecule has 1 heterocycles. The number of rotatable bonds is 5. The van der Waals surface area contributed by atoms with E-state index in [1.54, 1.807) is 18.2 Å². The number of nitrogens with one attached hydrogen (secondary N) is 1. The molecule has 1 saturated heterocycles. The molecule has 1 fully saturated rings. The Labute approximate surface area is 154 Å². The molecule has 130 valence electrons. The van der Waals surface area contributed by atoms with Gasteiger partial charge in [-0.2, -0.15) is 0 Å². The molecule has 0 unspecified atom stereocenters. The van der Waals surface area contributed by atoms with Gasteiger partial charge in [-0.25, -0.2) is 0 Å². The minimum absolute atomic E-state index is 0.0195. The molecule has 7 heteroatoms. The lowest BCUT2D eigenvalue weighted by atomic mass is 10.1. The highest BCUT2D eigenvalue weighted by Gasteiger charge is 2.18. The van der Waals surface area contributed by atoms with Crippen molar-refractivity contribution >= 4 is 40.8 Å². The Morgan fingerprint density at radius 3 is 2.68 bits per heavy atom. The first-order valence-electron chi connectivity index (χ1n) is 7.99. The third-order valence-electron chi connectivity index (χ3n) is 3.81. The minimum Gasteiger partial charge on any atom is -0.326 e. The molecule has 1 aliphatic heterocycles. The van der Waals surface area contributed by atoms with Crippen molar-refractivity contribution < 1.29 is 9.72 Å². The summed E-state index contributed by atoms with van der Waals surface area (Å²) in [7, 11) is 0. The molecule has 0 atom stereocenters. The summed E-state index contributed by atoms with van der Waals surface area (Å²) in [5.41, 5.74) is 2.31. The van der Waals surface area contributed by atoms with Crippen LogP contribution in [0, 0.1) is 10.1 Å². The molecule has 0 saturated carbocycles. The van der Waals surface area contributed by atoms with Crippen LogP contribution in [0.15, 0.2) is 48.5 Å². The molecule has 1 aliphatic rings. The van der Waals surface area contributed by atoms with E-state index in [4.69, 9.17) is 0 Å². The Balaban J connectivity index is 1.68. The number of nitrogens with zero attached hydrogens (tertiary/aromatic N) is 1. The zero-order chi connectivity index (χ0) is 17.6. The lowest BCUT2D eigenvalue weighted by Gasteiger charge is -2.21. The SMILES string of the molecule is O=C(Cc1ccccc1[N+](=O)[O-])Nc1cccc(C2SCCCS2)c1. The highest BCUT2D eigenvalue weighted by Crippen LogP contribution is 2.44. The molecule has 2 aromatic rings. The predicted octanol–water partition coefficient (Wildman–Crippen LogP) is 4.64. The van der Waals surface area contributed by atoms with E-state index in [1.165, 1.54) is 18.1 Å². The van der Waals surface area contributed by atoms with E-state index in [9.17, 15) is 14.9 Å². The summed E-state index contributed by atoms with van der Waals surface area (Å²) in [6.45, 7) is 0. The number of carbonyl (C=O) groups excluding carboxylic acids is 1. The Morgan fingerprint density at radius 2 is 1.92 bits per heavy atom. The second-order valence-electron chi connectivity index (χ2n) is 5.66. The second kappa shape index (κ2) is 8.40. The lowest BCUT2D eigenvalue weighted by Crippen LogP contribution is -2.15. The summed E-state index contributed by atoms with van der Waals surface area (Å²) in [6, 6.07) is 14.2. The highest BCUT2D eigenvalue weighted by atomic mass is 32.2. The molecule has 1 N–H and O–H groups in total. The van der Waals surface area contributed by atoms with Gasteiger partial charge in [0.2, 0.25) is 5.91 Å². The Kier molecular flexibility index (Phi) is 5.99. The number of carbonyl (C=O) groups is 1. The number of anilines is 1. The van der Waals surface area contributed by atoms with E-state index < -0.39 is 4.92 Å².